The third kappa shape index (κ3) is 47.5. The number of unbranched alkanes of at least 4 members (excludes halogenated alkanes) is 36. The summed E-state index contributed by atoms with van der Waals surface area (Å²) >= 11 is 0. The molecule has 0 spiro atoms. The Labute approximate surface area is 374 Å². The Morgan fingerprint density at radius 1 is 0.317 bits per heavy atom. The normalized spacial score (nSPS) is 11.9. The molecule has 0 bridgehead atoms. The quantitative estimate of drug-likeness (QED) is 0.0345. The van der Waals surface area contributed by atoms with Crippen molar-refractivity contribution in [2.45, 2.75) is 310 Å². The van der Waals surface area contributed by atoms with Crippen LogP contribution in [-0.2, 0) is 28.6 Å². The van der Waals surface area contributed by atoms with Gasteiger partial charge in [0.05, 0.1) is 0 Å². The second-order valence-electron chi connectivity index (χ2n) is 19.0. The van der Waals surface area contributed by atoms with Gasteiger partial charge < -0.3 is 14.2 Å². The van der Waals surface area contributed by atoms with Gasteiger partial charge in [-0.1, -0.05) is 265 Å². The smallest absolute Gasteiger partial charge is 0.306 e. The average molecular weight is 849 g/mol. The lowest BCUT2D eigenvalue weighted by Gasteiger charge is -2.18. The highest BCUT2D eigenvalue weighted by molar-refractivity contribution is 5.71. The van der Waals surface area contributed by atoms with Crippen LogP contribution in [0.5, 0.6) is 0 Å². The van der Waals surface area contributed by atoms with Gasteiger partial charge in [0.25, 0.3) is 0 Å². The van der Waals surface area contributed by atoms with E-state index in [0.717, 1.165) is 70.1 Å². The molecule has 0 aromatic carbocycles. The van der Waals surface area contributed by atoms with Gasteiger partial charge in [-0.05, 0) is 25.2 Å². The molecule has 0 N–H and O–H groups in total. The van der Waals surface area contributed by atoms with E-state index in [1.807, 2.05) is 0 Å². The second kappa shape index (κ2) is 48.4. The van der Waals surface area contributed by atoms with E-state index in [1.54, 1.807) is 0 Å². The molecule has 0 rings (SSSR count). The van der Waals surface area contributed by atoms with Gasteiger partial charge in [-0.25, -0.2) is 0 Å². The molecule has 0 aromatic rings. The van der Waals surface area contributed by atoms with Crippen molar-refractivity contribution in [2.24, 2.45) is 5.92 Å². The Kier molecular flexibility index (Phi) is 47.2. The third-order valence-corrected chi connectivity index (χ3v) is 12.3. The zero-order valence-electron chi connectivity index (χ0n) is 40.9. The summed E-state index contributed by atoms with van der Waals surface area (Å²) in [6.45, 7) is 8.98. The molecule has 6 heteroatoms. The first-order chi connectivity index (χ1) is 29.4. The topological polar surface area (TPSA) is 78.9 Å². The lowest BCUT2D eigenvalue weighted by molar-refractivity contribution is -0.167. The summed E-state index contributed by atoms with van der Waals surface area (Å²) in [5, 5.41) is 0. The minimum Gasteiger partial charge on any atom is -0.462 e. The van der Waals surface area contributed by atoms with Gasteiger partial charge in [0.1, 0.15) is 13.2 Å². The van der Waals surface area contributed by atoms with Gasteiger partial charge in [0, 0.05) is 19.3 Å². The van der Waals surface area contributed by atoms with E-state index in [0.29, 0.717) is 19.3 Å². The lowest BCUT2D eigenvalue weighted by Crippen LogP contribution is -2.30. The Balaban J connectivity index is 4.01. The molecule has 0 fully saturated rings. The summed E-state index contributed by atoms with van der Waals surface area (Å²) in [5.41, 5.74) is 0. The highest BCUT2D eigenvalue weighted by Crippen LogP contribution is 2.17. The molecule has 0 aliphatic rings. The Morgan fingerprint density at radius 3 is 0.817 bits per heavy atom. The maximum Gasteiger partial charge on any atom is 0.306 e. The van der Waals surface area contributed by atoms with Crippen molar-refractivity contribution in [1.82, 2.24) is 0 Å². The SMILES string of the molecule is CCCCCCCCCCCCCCCCCCC(=O)OC[C@@H](COC(=O)CCCCCCCCCCCCCCCCCCCCC(C)C)OC(=O)CCCCCCC. The monoisotopic (exact) mass is 849 g/mol. The molecule has 0 heterocycles. The van der Waals surface area contributed by atoms with Crippen LogP contribution in [0.15, 0.2) is 0 Å². The molecular weight excluding hydrogens is 745 g/mol. The highest BCUT2D eigenvalue weighted by atomic mass is 16.6. The number of rotatable bonds is 49. The van der Waals surface area contributed by atoms with Crippen LogP contribution in [0.1, 0.15) is 304 Å². The Hall–Kier alpha value is -1.59. The van der Waals surface area contributed by atoms with E-state index in [-0.39, 0.29) is 31.1 Å². The average Bonchev–Trinajstić information content (AvgIpc) is 3.23. The summed E-state index contributed by atoms with van der Waals surface area (Å²) < 4.78 is 16.7. The molecule has 0 saturated heterocycles. The Morgan fingerprint density at radius 2 is 0.550 bits per heavy atom. The van der Waals surface area contributed by atoms with Crippen molar-refractivity contribution >= 4 is 17.9 Å². The van der Waals surface area contributed by atoms with Crippen molar-refractivity contribution in [3.63, 3.8) is 0 Å². The van der Waals surface area contributed by atoms with Crippen LogP contribution in [0.3, 0.4) is 0 Å². The van der Waals surface area contributed by atoms with Crippen molar-refractivity contribution in [2.75, 3.05) is 13.2 Å². The number of carbonyl (C=O) groups is 3. The van der Waals surface area contributed by atoms with Crippen LogP contribution in [-0.4, -0.2) is 37.2 Å². The van der Waals surface area contributed by atoms with E-state index < -0.39 is 6.10 Å². The molecule has 0 aromatic heterocycles. The number of esters is 3. The molecule has 60 heavy (non-hydrogen) atoms. The van der Waals surface area contributed by atoms with Crippen LogP contribution in [0.4, 0.5) is 0 Å². The van der Waals surface area contributed by atoms with Crippen molar-refractivity contribution in [3.05, 3.63) is 0 Å². The fourth-order valence-electron chi connectivity index (χ4n) is 8.22. The first-order valence-electron chi connectivity index (χ1n) is 26.9. The summed E-state index contributed by atoms with van der Waals surface area (Å²) in [6.07, 6.45) is 51.3. The second-order valence-corrected chi connectivity index (χ2v) is 19.0. The van der Waals surface area contributed by atoms with E-state index in [4.69, 9.17) is 14.2 Å². The summed E-state index contributed by atoms with van der Waals surface area (Å²) in [7, 11) is 0. The zero-order chi connectivity index (χ0) is 43.8. The lowest BCUT2D eigenvalue weighted by atomic mass is 10.0. The molecule has 0 aliphatic carbocycles. The molecule has 0 unspecified atom stereocenters. The van der Waals surface area contributed by atoms with Gasteiger partial charge in [-0.2, -0.15) is 0 Å². The van der Waals surface area contributed by atoms with E-state index in [1.165, 1.54) is 193 Å². The fourth-order valence-corrected chi connectivity index (χ4v) is 8.22. The van der Waals surface area contributed by atoms with Crippen LogP contribution in [0.25, 0.3) is 0 Å². The summed E-state index contributed by atoms with van der Waals surface area (Å²) in [4.78, 5) is 37.7. The molecular formula is C54H104O6. The van der Waals surface area contributed by atoms with Crippen LogP contribution in [0.2, 0.25) is 0 Å². The van der Waals surface area contributed by atoms with Crippen LogP contribution in [0, 0.1) is 5.92 Å². The van der Waals surface area contributed by atoms with Crippen LogP contribution < -0.4 is 0 Å². The highest BCUT2D eigenvalue weighted by Gasteiger charge is 2.19. The largest absolute Gasteiger partial charge is 0.462 e. The predicted octanol–water partition coefficient (Wildman–Crippen LogP) is 17.5. The maximum atomic E-state index is 12.6. The standard InChI is InChI=1S/C54H104O6/c1-5-7-9-11-12-13-14-15-16-22-25-28-31-34-38-41-45-52(55)58-48-51(60-54(57)47-43-36-10-8-6-2)49-59-53(56)46-42-39-35-32-29-26-23-20-18-17-19-21-24-27-30-33-37-40-44-50(3)4/h50-51H,5-49H2,1-4H3/t51-/m0/s1. The number of hydrogen-bond acceptors (Lipinski definition) is 6. The predicted molar refractivity (Wildman–Crippen MR) is 257 cm³/mol. The van der Waals surface area contributed by atoms with Gasteiger partial charge in [-0.15, -0.1) is 0 Å². The van der Waals surface area contributed by atoms with Gasteiger partial charge in [-0.3, -0.25) is 14.4 Å². The number of carbonyl (C=O) groups excluding carboxylic acids is 3. The molecule has 0 radical (unpaired) electrons. The third-order valence-electron chi connectivity index (χ3n) is 12.3. The van der Waals surface area contributed by atoms with E-state index in [2.05, 4.69) is 27.7 Å². The first-order valence-corrected chi connectivity index (χ1v) is 26.9. The molecule has 0 aliphatic heterocycles. The summed E-state index contributed by atoms with van der Waals surface area (Å²) in [5.74, 6) is 0.00157. The van der Waals surface area contributed by atoms with Crippen molar-refractivity contribution in [1.29, 1.82) is 0 Å². The molecule has 1 atom stereocenters. The molecule has 6 nitrogen and oxygen atoms in total. The van der Waals surface area contributed by atoms with Crippen molar-refractivity contribution in [3.8, 4) is 0 Å². The van der Waals surface area contributed by atoms with Gasteiger partial charge in [0.2, 0.25) is 0 Å². The molecule has 0 saturated carbocycles. The van der Waals surface area contributed by atoms with Crippen molar-refractivity contribution < 1.29 is 28.6 Å². The van der Waals surface area contributed by atoms with E-state index >= 15 is 0 Å². The van der Waals surface area contributed by atoms with Gasteiger partial charge >= 0.3 is 17.9 Å². The summed E-state index contributed by atoms with van der Waals surface area (Å²) in [6, 6.07) is 0. The first kappa shape index (κ1) is 58.4. The molecule has 356 valence electrons. The minimum absolute atomic E-state index is 0.0641. The van der Waals surface area contributed by atoms with Crippen LogP contribution >= 0.6 is 0 Å². The van der Waals surface area contributed by atoms with E-state index in [9.17, 15) is 14.4 Å². The Bertz CT molecular complexity index is 903. The maximum absolute atomic E-state index is 12.6. The fraction of sp³-hybridized carbons (Fsp3) is 0.944. The zero-order valence-corrected chi connectivity index (χ0v) is 40.9. The number of hydrogen-bond donors (Lipinski definition) is 0. The molecule has 0 amide bonds. The van der Waals surface area contributed by atoms with Gasteiger partial charge in [0.15, 0.2) is 6.10 Å². The number of ether oxygens (including phenoxy) is 3. The minimum atomic E-state index is -0.758.